The standard InChI is InChI=1S/C20H24N4O2/c1-25-16-4-5-17(19(13-16)26-2)18-7-10-24-14-15(3-6-20(24)22-18)23-11-8-21-9-12-23/h3-7,13-14,21H,8-12H2,1-2H3. The van der Waals surface area contributed by atoms with Crippen LogP contribution in [-0.2, 0) is 0 Å². The summed E-state index contributed by atoms with van der Waals surface area (Å²) in [5.74, 6) is 2.50. The van der Waals surface area contributed by atoms with Crippen molar-refractivity contribution in [3.05, 3.63) is 53.9 Å². The van der Waals surface area contributed by atoms with Gasteiger partial charge in [0.25, 0.3) is 0 Å². The Morgan fingerprint density at radius 2 is 1.92 bits per heavy atom. The summed E-state index contributed by atoms with van der Waals surface area (Å²) in [4.78, 5) is 9.44. The van der Waals surface area contributed by atoms with Crippen molar-refractivity contribution in [3.8, 4) is 11.5 Å². The highest BCUT2D eigenvalue weighted by Gasteiger charge is 2.21. The van der Waals surface area contributed by atoms with Gasteiger partial charge in [0.05, 0.1) is 25.6 Å². The first-order valence-electron chi connectivity index (χ1n) is 8.92. The van der Waals surface area contributed by atoms with Crippen LogP contribution in [0.15, 0.2) is 53.3 Å². The Labute approximate surface area is 154 Å². The summed E-state index contributed by atoms with van der Waals surface area (Å²) in [6, 6.07) is 5.82. The zero-order chi connectivity index (χ0) is 17.9. The predicted octanol–water partition coefficient (Wildman–Crippen LogP) is 2.08. The molecule has 1 aromatic carbocycles. The molecule has 0 unspecified atom stereocenters. The quantitative estimate of drug-likeness (QED) is 0.899. The maximum Gasteiger partial charge on any atom is 0.133 e. The highest BCUT2D eigenvalue weighted by molar-refractivity contribution is 6.00. The molecule has 3 aliphatic rings. The van der Waals surface area contributed by atoms with Gasteiger partial charge in [-0.25, -0.2) is 4.99 Å². The average molecular weight is 352 g/mol. The summed E-state index contributed by atoms with van der Waals surface area (Å²) in [6.45, 7) is 4.95. The Hall–Kier alpha value is -2.73. The first-order valence-corrected chi connectivity index (χ1v) is 8.92. The molecule has 0 aromatic heterocycles. The minimum absolute atomic E-state index is 0.769. The predicted molar refractivity (Wildman–Crippen MR) is 103 cm³/mol. The third-order valence-electron chi connectivity index (χ3n) is 4.87. The molecule has 3 aliphatic heterocycles. The molecule has 6 heteroatoms. The van der Waals surface area contributed by atoms with E-state index in [1.807, 2.05) is 18.2 Å². The highest BCUT2D eigenvalue weighted by Crippen LogP contribution is 2.33. The van der Waals surface area contributed by atoms with Crippen molar-refractivity contribution in [2.75, 3.05) is 46.9 Å². The van der Waals surface area contributed by atoms with Crippen molar-refractivity contribution in [2.45, 2.75) is 0 Å². The van der Waals surface area contributed by atoms with Crippen LogP contribution in [0, 0.1) is 0 Å². The fourth-order valence-corrected chi connectivity index (χ4v) is 3.42. The summed E-state index contributed by atoms with van der Waals surface area (Å²) < 4.78 is 10.8. The summed E-state index contributed by atoms with van der Waals surface area (Å²) in [6.07, 6.45) is 8.59. The minimum Gasteiger partial charge on any atom is -0.497 e. The molecule has 0 saturated carbocycles. The normalized spacial score (nSPS) is 19.4. The van der Waals surface area contributed by atoms with Crippen LogP contribution in [0.3, 0.4) is 0 Å². The lowest BCUT2D eigenvalue weighted by molar-refractivity contribution is 0.302. The first kappa shape index (κ1) is 16.7. The maximum absolute atomic E-state index is 5.53. The molecule has 3 heterocycles. The van der Waals surface area contributed by atoms with E-state index in [2.05, 4.69) is 39.5 Å². The molecule has 0 bridgehead atoms. The number of nitrogens with zero attached hydrogens (tertiary/aromatic N) is 3. The number of ether oxygens (including phenoxy) is 2. The Morgan fingerprint density at radius 1 is 1.08 bits per heavy atom. The van der Waals surface area contributed by atoms with Crippen LogP contribution in [0.5, 0.6) is 11.5 Å². The Bertz CT molecular complexity index is 804. The third kappa shape index (κ3) is 3.20. The summed E-state index contributed by atoms with van der Waals surface area (Å²) in [5.41, 5.74) is 3.16. The topological polar surface area (TPSA) is 49.3 Å². The van der Waals surface area contributed by atoms with Crippen LogP contribution < -0.4 is 14.8 Å². The van der Waals surface area contributed by atoms with Crippen LogP contribution in [0.4, 0.5) is 0 Å². The number of nitrogens with one attached hydrogen (secondary N) is 1. The zero-order valence-electron chi connectivity index (χ0n) is 15.2. The van der Waals surface area contributed by atoms with Crippen molar-refractivity contribution in [3.63, 3.8) is 0 Å². The first-order chi connectivity index (χ1) is 12.8. The number of fused-ring (bicyclic) bond motifs is 1. The number of amidine groups is 1. The third-order valence-corrected chi connectivity index (χ3v) is 4.87. The molecule has 4 rings (SSSR count). The van der Waals surface area contributed by atoms with E-state index in [1.54, 1.807) is 14.2 Å². The van der Waals surface area contributed by atoms with Crippen molar-refractivity contribution in [1.82, 2.24) is 15.1 Å². The van der Waals surface area contributed by atoms with Crippen LogP contribution >= 0.6 is 0 Å². The van der Waals surface area contributed by atoms with E-state index in [9.17, 15) is 0 Å². The van der Waals surface area contributed by atoms with E-state index in [1.165, 1.54) is 5.70 Å². The molecule has 1 N–H and O–H groups in total. The number of rotatable bonds is 4. The van der Waals surface area contributed by atoms with Gasteiger partial charge in [-0.05, 0) is 30.4 Å². The number of aliphatic imine (C=N–C) groups is 1. The molecule has 1 fully saturated rings. The van der Waals surface area contributed by atoms with E-state index in [0.717, 1.165) is 61.3 Å². The highest BCUT2D eigenvalue weighted by atomic mass is 16.5. The SMILES string of the molecule is COc1ccc(C2=CCN3C=C(N4CCNCC4)C=CC3=N2)c(OC)c1. The molecule has 1 saturated heterocycles. The lowest BCUT2D eigenvalue weighted by Gasteiger charge is -2.34. The Kier molecular flexibility index (Phi) is 4.67. The van der Waals surface area contributed by atoms with E-state index in [4.69, 9.17) is 14.5 Å². The Morgan fingerprint density at radius 3 is 2.69 bits per heavy atom. The second-order valence-corrected chi connectivity index (χ2v) is 6.40. The molecule has 0 radical (unpaired) electrons. The molecule has 1 aromatic rings. The summed E-state index contributed by atoms with van der Waals surface area (Å²) >= 11 is 0. The van der Waals surface area contributed by atoms with Crippen LogP contribution in [0.2, 0.25) is 0 Å². The van der Waals surface area contributed by atoms with Crippen LogP contribution in [0.1, 0.15) is 5.56 Å². The molecule has 136 valence electrons. The molecule has 6 nitrogen and oxygen atoms in total. The fraction of sp³-hybridized carbons (Fsp3) is 0.350. The fourth-order valence-electron chi connectivity index (χ4n) is 3.42. The molecule has 0 atom stereocenters. The van der Waals surface area contributed by atoms with Crippen molar-refractivity contribution in [2.24, 2.45) is 4.99 Å². The number of methoxy groups -OCH3 is 2. The van der Waals surface area contributed by atoms with Gasteiger partial charge in [-0.2, -0.15) is 0 Å². The summed E-state index contributed by atoms with van der Waals surface area (Å²) in [7, 11) is 3.33. The number of allylic oxidation sites excluding steroid dienone is 1. The number of benzene rings is 1. The van der Waals surface area contributed by atoms with Gasteiger partial charge in [-0.3, -0.25) is 0 Å². The monoisotopic (exact) mass is 352 g/mol. The van der Waals surface area contributed by atoms with Gasteiger partial charge in [0.1, 0.15) is 17.3 Å². The van der Waals surface area contributed by atoms with Crippen molar-refractivity contribution < 1.29 is 9.47 Å². The second-order valence-electron chi connectivity index (χ2n) is 6.40. The smallest absolute Gasteiger partial charge is 0.133 e. The van der Waals surface area contributed by atoms with E-state index in [-0.39, 0.29) is 0 Å². The minimum atomic E-state index is 0.769. The number of piperazine rings is 1. The lowest BCUT2D eigenvalue weighted by atomic mass is 10.1. The van der Waals surface area contributed by atoms with Gasteiger partial charge in [0.15, 0.2) is 0 Å². The molecular formula is C20H24N4O2. The molecule has 0 aliphatic carbocycles. The van der Waals surface area contributed by atoms with Crippen molar-refractivity contribution in [1.29, 1.82) is 0 Å². The van der Waals surface area contributed by atoms with Gasteiger partial charge >= 0.3 is 0 Å². The van der Waals surface area contributed by atoms with E-state index >= 15 is 0 Å². The van der Waals surface area contributed by atoms with Gasteiger partial charge in [0, 0.05) is 50.6 Å². The van der Waals surface area contributed by atoms with Gasteiger partial charge < -0.3 is 24.6 Å². The van der Waals surface area contributed by atoms with Crippen molar-refractivity contribution >= 4 is 11.5 Å². The zero-order valence-corrected chi connectivity index (χ0v) is 15.2. The van der Waals surface area contributed by atoms with Gasteiger partial charge in [-0.15, -0.1) is 0 Å². The van der Waals surface area contributed by atoms with Crippen LogP contribution in [-0.4, -0.2) is 62.6 Å². The summed E-state index contributed by atoms with van der Waals surface area (Å²) in [5, 5.41) is 3.39. The maximum atomic E-state index is 5.53. The van der Waals surface area contributed by atoms with Crippen LogP contribution in [0.25, 0.3) is 5.70 Å². The average Bonchev–Trinajstić information content (AvgIpc) is 2.73. The van der Waals surface area contributed by atoms with E-state index < -0.39 is 0 Å². The largest absolute Gasteiger partial charge is 0.497 e. The number of hydrogen-bond donors (Lipinski definition) is 1. The van der Waals surface area contributed by atoms with Gasteiger partial charge in [0.2, 0.25) is 0 Å². The second kappa shape index (κ2) is 7.25. The molecule has 26 heavy (non-hydrogen) atoms. The number of hydrogen-bond acceptors (Lipinski definition) is 6. The molecule has 0 amide bonds. The molecule has 0 spiro atoms. The lowest BCUT2D eigenvalue weighted by Crippen LogP contribution is -2.44. The Balaban J connectivity index is 1.56. The van der Waals surface area contributed by atoms with E-state index in [0.29, 0.717) is 0 Å². The van der Waals surface area contributed by atoms with Gasteiger partial charge in [-0.1, -0.05) is 0 Å². The molecular weight excluding hydrogens is 328 g/mol.